The summed E-state index contributed by atoms with van der Waals surface area (Å²) in [5.74, 6) is -0.337. The van der Waals surface area contributed by atoms with Crippen LogP contribution in [0.15, 0.2) is 36.7 Å². The highest BCUT2D eigenvalue weighted by molar-refractivity contribution is 6.30. The van der Waals surface area contributed by atoms with Crippen molar-refractivity contribution in [2.45, 2.75) is 19.5 Å². The van der Waals surface area contributed by atoms with Gasteiger partial charge in [0.15, 0.2) is 0 Å². The van der Waals surface area contributed by atoms with Crippen LogP contribution in [-0.4, -0.2) is 11.6 Å². The molecule has 0 amide bonds. The number of aromatic nitrogens is 1. The van der Waals surface area contributed by atoms with E-state index < -0.39 is 0 Å². The second kappa shape index (κ2) is 5.55. The number of nitrogens with one attached hydrogen (secondary N) is 1. The molecule has 0 aliphatic carbocycles. The monoisotopic (exact) mass is 266 g/mol. The molecule has 0 fully saturated rings. The summed E-state index contributed by atoms with van der Waals surface area (Å²) < 4.78 is 15.7. The summed E-state index contributed by atoms with van der Waals surface area (Å²) in [5.41, 5.74) is 1.78. The molecule has 2 aromatic rings. The average molecular weight is 267 g/mol. The zero-order valence-electron chi connectivity index (χ0n) is 10.5. The first-order valence-corrected chi connectivity index (χ1v) is 6.25. The van der Waals surface area contributed by atoms with Crippen molar-refractivity contribution in [1.82, 2.24) is 9.88 Å². The van der Waals surface area contributed by atoms with Gasteiger partial charge in [0.2, 0.25) is 0 Å². The van der Waals surface area contributed by atoms with Crippen molar-refractivity contribution in [3.63, 3.8) is 0 Å². The predicted octanol–water partition coefficient (Wildman–Crippen LogP) is 3.61. The number of hydrogen-bond acceptors (Lipinski definition) is 1. The van der Waals surface area contributed by atoms with Crippen LogP contribution in [0.5, 0.6) is 0 Å². The third-order valence-corrected chi connectivity index (χ3v) is 3.38. The molecular formula is C14H16ClFN2. The first-order chi connectivity index (χ1) is 8.61. The second-order valence-corrected chi connectivity index (χ2v) is 4.75. The van der Waals surface area contributed by atoms with Crippen molar-refractivity contribution >= 4 is 11.6 Å². The quantitative estimate of drug-likeness (QED) is 0.895. The Kier molecular flexibility index (Phi) is 4.04. The fourth-order valence-corrected chi connectivity index (χ4v) is 2.04. The standard InChI is InChI=1S/C14H16ClFN2/c1-10(17-2)11-6-7-18(8-11)9-12-4-3-5-13(15)14(12)16/h3-8,10,17H,9H2,1-2H3. The Morgan fingerprint density at radius 3 is 2.89 bits per heavy atom. The van der Waals surface area contributed by atoms with Crippen LogP contribution in [0, 0.1) is 5.82 Å². The normalized spacial score (nSPS) is 12.7. The minimum absolute atomic E-state index is 0.170. The van der Waals surface area contributed by atoms with Gasteiger partial charge < -0.3 is 9.88 Å². The van der Waals surface area contributed by atoms with E-state index in [1.807, 2.05) is 30.1 Å². The van der Waals surface area contributed by atoms with Gasteiger partial charge in [-0.2, -0.15) is 0 Å². The van der Waals surface area contributed by atoms with E-state index in [-0.39, 0.29) is 16.9 Å². The van der Waals surface area contributed by atoms with E-state index >= 15 is 0 Å². The van der Waals surface area contributed by atoms with Crippen molar-refractivity contribution in [3.8, 4) is 0 Å². The van der Waals surface area contributed by atoms with E-state index in [4.69, 9.17) is 11.6 Å². The van der Waals surface area contributed by atoms with Gasteiger partial charge in [-0.25, -0.2) is 4.39 Å². The minimum Gasteiger partial charge on any atom is -0.349 e. The molecule has 96 valence electrons. The molecule has 0 aliphatic rings. The molecule has 1 N–H and O–H groups in total. The summed E-state index contributed by atoms with van der Waals surface area (Å²) in [6, 6.07) is 7.40. The first-order valence-electron chi connectivity index (χ1n) is 5.87. The number of hydrogen-bond donors (Lipinski definition) is 1. The van der Waals surface area contributed by atoms with Gasteiger partial charge in [-0.05, 0) is 31.7 Å². The molecule has 4 heteroatoms. The summed E-state index contributed by atoms with van der Waals surface area (Å²) in [5, 5.41) is 3.34. The maximum atomic E-state index is 13.8. The van der Waals surface area contributed by atoms with Crippen molar-refractivity contribution in [2.24, 2.45) is 0 Å². The Morgan fingerprint density at radius 2 is 2.17 bits per heavy atom. The molecule has 1 heterocycles. The number of benzene rings is 1. The molecule has 0 spiro atoms. The number of halogens is 2. The summed E-state index contributed by atoms with van der Waals surface area (Å²) in [6.07, 6.45) is 3.96. The maximum absolute atomic E-state index is 13.8. The molecule has 1 aromatic heterocycles. The highest BCUT2D eigenvalue weighted by Crippen LogP contribution is 2.20. The van der Waals surface area contributed by atoms with Gasteiger partial charge in [0.1, 0.15) is 5.82 Å². The van der Waals surface area contributed by atoms with Crippen LogP contribution in [0.4, 0.5) is 4.39 Å². The molecule has 1 unspecified atom stereocenters. The number of nitrogens with zero attached hydrogens (tertiary/aromatic N) is 1. The van der Waals surface area contributed by atoms with Crippen LogP contribution >= 0.6 is 11.6 Å². The van der Waals surface area contributed by atoms with Crippen LogP contribution in [0.2, 0.25) is 5.02 Å². The molecule has 18 heavy (non-hydrogen) atoms. The summed E-state index contributed by atoms with van der Waals surface area (Å²) in [7, 11) is 1.92. The molecule has 0 radical (unpaired) electrons. The van der Waals surface area contributed by atoms with Gasteiger partial charge in [0.25, 0.3) is 0 Å². The first kappa shape index (κ1) is 13.1. The Labute approximate surface area is 111 Å². The lowest BCUT2D eigenvalue weighted by molar-refractivity contribution is 0.599. The van der Waals surface area contributed by atoms with Gasteiger partial charge in [-0.1, -0.05) is 23.7 Å². The lowest BCUT2D eigenvalue weighted by Gasteiger charge is -2.08. The molecule has 0 saturated heterocycles. The van der Waals surface area contributed by atoms with Crippen LogP contribution in [0.25, 0.3) is 0 Å². The van der Waals surface area contributed by atoms with Crippen LogP contribution < -0.4 is 5.32 Å². The molecule has 1 atom stereocenters. The summed E-state index contributed by atoms with van der Waals surface area (Å²) in [6.45, 7) is 2.57. The van der Waals surface area contributed by atoms with E-state index in [9.17, 15) is 4.39 Å². The Hall–Kier alpha value is -1.32. The van der Waals surface area contributed by atoms with Gasteiger partial charge in [0, 0.05) is 30.5 Å². The smallest absolute Gasteiger partial charge is 0.146 e. The van der Waals surface area contributed by atoms with Crippen molar-refractivity contribution in [1.29, 1.82) is 0 Å². The number of rotatable bonds is 4. The lowest BCUT2D eigenvalue weighted by atomic mass is 10.2. The molecular weight excluding hydrogens is 251 g/mol. The lowest BCUT2D eigenvalue weighted by Crippen LogP contribution is -2.11. The van der Waals surface area contributed by atoms with E-state index in [2.05, 4.69) is 12.2 Å². The highest BCUT2D eigenvalue weighted by atomic mass is 35.5. The molecule has 2 rings (SSSR count). The van der Waals surface area contributed by atoms with E-state index in [1.54, 1.807) is 18.2 Å². The predicted molar refractivity (Wildman–Crippen MR) is 72.4 cm³/mol. The second-order valence-electron chi connectivity index (χ2n) is 4.34. The van der Waals surface area contributed by atoms with Gasteiger partial charge >= 0.3 is 0 Å². The largest absolute Gasteiger partial charge is 0.349 e. The van der Waals surface area contributed by atoms with E-state index in [1.165, 1.54) is 5.56 Å². The highest BCUT2D eigenvalue weighted by Gasteiger charge is 2.08. The molecule has 1 aromatic carbocycles. The van der Waals surface area contributed by atoms with Crippen LogP contribution in [-0.2, 0) is 6.54 Å². The fourth-order valence-electron chi connectivity index (χ4n) is 1.85. The minimum atomic E-state index is -0.337. The Morgan fingerprint density at radius 1 is 1.39 bits per heavy atom. The maximum Gasteiger partial charge on any atom is 0.146 e. The topological polar surface area (TPSA) is 17.0 Å². The molecule has 0 aliphatic heterocycles. The average Bonchev–Trinajstić information content (AvgIpc) is 2.82. The zero-order valence-corrected chi connectivity index (χ0v) is 11.2. The third kappa shape index (κ3) is 2.74. The summed E-state index contributed by atoms with van der Waals surface area (Å²) in [4.78, 5) is 0. The molecule has 2 nitrogen and oxygen atoms in total. The fraction of sp³-hybridized carbons (Fsp3) is 0.286. The SMILES string of the molecule is CNC(C)c1ccn(Cc2cccc(Cl)c2F)c1. The van der Waals surface area contributed by atoms with Crippen LogP contribution in [0.1, 0.15) is 24.1 Å². The third-order valence-electron chi connectivity index (χ3n) is 3.09. The van der Waals surface area contributed by atoms with Gasteiger partial charge in [0.05, 0.1) is 5.02 Å². The van der Waals surface area contributed by atoms with E-state index in [0.29, 0.717) is 12.1 Å². The molecule has 0 saturated carbocycles. The zero-order chi connectivity index (χ0) is 13.1. The van der Waals surface area contributed by atoms with Gasteiger partial charge in [-0.15, -0.1) is 0 Å². The van der Waals surface area contributed by atoms with Crippen molar-refractivity contribution < 1.29 is 4.39 Å². The van der Waals surface area contributed by atoms with Crippen molar-refractivity contribution in [3.05, 3.63) is 58.6 Å². The van der Waals surface area contributed by atoms with Crippen LogP contribution in [0.3, 0.4) is 0 Å². The Bertz CT molecular complexity index is 536. The Balaban J connectivity index is 2.19. The molecule has 0 bridgehead atoms. The van der Waals surface area contributed by atoms with E-state index in [0.717, 1.165) is 0 Å². The van der Waals surface area contributed by atoms with Gasteiger partial charge in [-0.3, -0.25) is 0 Å². The summed E-state index contributed by atoms with van der Waals surface area (Å²) >= 11 is 5.76. The van der Waals surface area contributed by atoms with Crippen molar-refractivity contribution in [2.75, 3.05) is 7.05 Å².